The summed E-state index contributed by atoms with van der Waals surface area (Å²) in [7, 11) is 1.86. The maximum atomic E-state index is 4.71. The molecule has 3 nitrogen and oxygen atoms in total. The van der Waals surface area contributed by atoms with Crippen molar-refractivity contribution >= 4 is 33.3 Å². The average molecular weight is 504 g/mol. The third-order valence-corrected chi connectivity index (χ3v) is 15.2. The molecule has 108 valence electrons. The summed E-state index contributed by atoms with van der Waals surface area (Å²) < 4.78 is 1.49. The molecule has 0 fully saturated rings. The minimum atomic E-state index is -1.26. The van der Waals surface area contributed by atoms with Gasteiger partial charge in [0.15, 0.2) is 0 Å². The second-order valence-electron chi connectivity index (χ2n) is 5.42. The summed E-state index contributed by atoms with van der Waals surface area (Å²) in [4.78, 5) is 14.0. The number of pyridine rings is 1. The Kier molecular flexibility index (Phi) is 4.27. The molecule has 0 atom stereocenters. The molecular formula is C18H13HgN3S. The summed E-state index contributed by atoms with van der Waals surface area (Å²) >= 11 is -1.26. The zero-order valence-corrected chi connectivity index (χ0v) is 19.0. The fraction of sp³-hybridized carbons (Fsp3) is 0.0556. The van der Waals surface area contributed by atoms with E-state index in [1.807, 2.05) is 32.6 Å². The molecule has 0 unspecified atom stereocenters. The Morgan fingerprint density at radius 1 is 0.870 bits per heavy atom. The number of benzene rings is 2. The van der Waals surface area contributed by atoms with Gasteiger partial charge in [0, 0.05) is 0 Å². The molecule has 0 saturated heterocycles. The van der Waals surface area contributed by atoms with Crippen molar-refractivity contribution in [2.24, 2.45) is 0 Å². The van der Waals surface area contributed by atoms with Gasteiger partial charge >= 0.3 is 150 Å². The van der Waals surface area contributed by atoms with Gasteiger partial charge in [-0.05, 0) is 0 Å². The van der Waals surface area contributed by atoms with Crippen molar-refractivity contribution in [2.45, 2.75) is 12.1 Å². The van der Waals surface area contributed by atoms with Crippen LogP contribution in [-0.4, -0.2) is 15.0 Å². The quantitative estimate of drug-likeness (QED) is 0.241. The Labute approximate surface area is 149 Å². The summed E-state index contributed by atoms with van der Waals surface area (Å²) in [5.74, 6) is 0. The fourth-order valence-corrected chi connectivity index (χ4v) is 11.8. The molecule has 2 aromatic carbocycles. The van der Waals surface area contributed by atoms with E-state index in [0.29, 0.717) is 0 Å². The average Bonchev–Trinajstić information content (AvgIpc) is 2.61. The number of rotatable bonds is 3. The van der Waals surface area contributed by atoms with E-state index < -0.39 is 23.1 Å². The van der Waals surface area contributed by atoms with Crippen LogP contribution in [-0.2, 0) is 23.1 Å². The molecular weight excluding hydrogens is 491 g/mol. The van der Waals surface area contributed by atoms with Gasteiger partial charge in [0.05, 0.1) is 0 Å². The number of nitrogens with zero attached hydrogens (tertiary/aromatic N) is 3. The number of aromatic nitrogens is 3. The summed E-state index contributed by atoms with van der Waals surface area (Å²) in [5.41, 5.74) is 3.01. The fourth-order valence-electron chi connectivity index (χ4n) is 2.65. The van der Waals surface area contributed by atoms with E-state index >= 15 is 0 Å². The second kappa shape index (κ2) is 6.53. The normalized spacial score (nSPS) is 10.8. The predicted octanol–water partition coefficient (Wildman–Crippen LogP) is 3.90. The number of aryl methyl sites for hydroxylation is 1. The standard InChI is InChI=1S/C12H9N3S.C6H5.Hg/c1-7-8-4-2-3-5-10(8)14-11-9(7)6-13-12(16)15-11;1-2-4-6-5-3-1;/h2-6H,1H3,(H,13,14,15,16);1-5H;/q;;+1/p-1. The molecule has 5 heteroatoms. The number of para-hydroxylation sites is 1. The van der Waals surface area contributed by atoms with Gasteiger partial charge in [0.1, 0.15) is 0 Å². The van der Waals surface area contributed by atoms with E-state index in [-0.39, 0.29) is 0 Å². The van der Waals surface area contributed by atoms with Crippen molar-refractivity contribution in [3.05, 3.63) is 66.4 Å². The van der Waals surface area contributed by atoms with E-state index in [9.17, 15) is 0 Å². The molecule has 0 aliphatic rings. The van der Waals surface area contributed by atoms with Crippen molar-refractivity contribution in [1.82, 2.24) is 15.0 Å². The number of hydrogen-bond donors (Lipinski definition) is 0. The molecule has 0 saturated carbocycles. The molecule has 0 bridgehead atoms. The van der Waals surface area contributed by atoms with Crippen molar-refractivity contribution < 1.29 is 23.1 Å². The molecule has 23 heavy (non-hydrogen) atoms. The monoisotopic (exact) mass is 505 g/mol. The van der Waals surface area contributed by atoms with E-state index in [0.717, 1.165) is 21.7 Å². The molecule has 2 heterocycles. The summed E-state index contributed by atoms with van der Waals surface area (Å²) in [6.07, 6.45) is 1.93. The first-order chi connectivity index (χ1) is 11.3. The van der Waals surface area contributed by atoms with Crippen molar-refractivity contribution in [3.8, 4) is 0 Å². The Morgan fingerprint density at radius 3 is 2.52 bits per heavy atom. The topological polar surface area (TPSA) is 38.7 Å². The molecule has 2 aromatic heterocycles. The zero-order chi connectivity index (χ0) is 15.6. The minimum absolute atomic E-state index is 0.806. The van der Waals surface area contributed by atoms with Crippen molar-refractivity contribution in [2.75, 3.05) is 0 Å². The van der Waals surface area contributed by atoms with Crippen LogP contribution in [0, 0.1) is 6.92 Å². The van der Waals surface area contributed by atoms with E-state index in [1.165, 1.54) is 14.0 Å². The van der Waals surface area contributed by atoms with Gasteiger partial charge in [-0.1, -0.05) is 0 Å². The third-order valence-electron chi connectivity index (χ3n) is 3.90. The van der Waals surface area contributed by atoms with E-state index in [2.05, 4.69) is 48.3 Å². The Hall–Kier alpha value is -1.52. The van der Waals surface area contributed by atoms with Crippen molar-refractivity contribution in [1.29, 1.82) is 0 Å². The molecule has 0 amide bonds. The molecule has 0 radical (unpaired) electrons. The Balaban J connectivity index is 1.71. The first kappa shape index (κ1) is 15.0. The zero-order valence-electron chi connectivity index (χ0n) is 12.7. The Morgan fingerprint density at radius 2 is 1.65 bits per heavy atom. The maximum absolute atomic E-state index is 4.71. The summed E-state index contributed by atoms with van der Waals surface area (Å²) in [6.45, 7) is 2.12. The van der Waals surface area contributed by atoms with Crippen LogP contribution in [0.4, 0.5) is 0 Å². The first-order valence-electron chi connectivity index (χ1n) is 7.50. The summed E-state index contributed by atoms with van der Waals surface area (Å²) in [6, 6.07) is 18.9. The van der Waals surface area contributed by atoms with Gasteiger partial charge in [-0.15, -0.1) is 0 Å². The molecule has 0 aliphatic heterocycles. The van der Waals surface area contributed by atoms with Crippen LogP contribution in [0.2, 0.25) is 0 Å². The van der Waals surface area contributed by atoms with Crippen molar-refractivity contribution in [3.63, 3.8) is 0 Å². The van der Waals surface area contributed by atoms with Crippen LogP contribution in [0.25, 0.3) is 21.9 Å². The molecule has 4 aromatic rings. The number of hydrogen-bond acceptors (Lipinski definition) is 4. The molecule has 0 aliphatic carbocycles. The van der Waals surface area contributed by atoms with Gasteiger partial charge in [-0.3, -0.25) is 0 Å². The second-order valence-corrected chi connectivity index (χ2v) is 16.3. The van der Waals surface area contributed by atoms with Crippen LogP contribution in [0.15, 0.2) is 66.0 Å². The molecule has 4 rings (SSSR count). The van der Waals surface area contributed by atoms with Crippen LogP contribution in [0.5, 0.6) is 0 Å². The van der Waals surface area contributed by atoms with Crippen LogP contribution < -0.4 is 3.07 Å². The van der Waals surface area contributed by atoms with Gasteiger partial charge in [-0.2, -0.15) is 0 Å². The third kappa shape index (κ3) is 3.10. The van der Waals surface area contributed by atoms with Gasteiger partial charge in [0.2, 0.25) is 0 Å². The van der Waals surface area contributed by atoms with E-state index in [1.54, 1.807) is 0 Å². The van der Waals surface area contributed by atoms with Gasteiger partial charge < -0.3 is 0 Å². The van der Waals surface area contributed by atoms with Crippen LogP contribution >= 0.6 is 8.24 Å². The van der Waals surface area contributed by atoms with Crippen LogP contribution in [0.3, 0.4) is 0 Å². The first-order valence-corrected chi connectivity index (χ1v) is 18.0. The number of fused-ring (bicyclic) bond motifs is 2. The van der Waals surface area contributed by atoms with Gasteiger partial charge in [-0.25, -0.2) is 0 Å². The molecule has 0 N–H and O–H groups in total. The van der Waals surface area contributed by atoms with Crippen LogP contribution in [0.1, 0.15) is 5.56 Å². The van der Waals surface area contributed by atoms with E-state index in [4.69, 9.17) is 9.97 Å². The Bertz CT molecular complexity index is 989. The SMILES string of the molecule is Cc1c2ccccc2nc2nc([S][Hg][c]3ccccc3)ncc12. The molecule has 0 spiro atoms. The summed E-state index contributed by atoms with van der Waals surface area (Å²) in [5, 5.41) is 3.09. The predicted molar refractivity (Wildman–Crippen MR) is 91.5 cm³/mol. The van der Waals surface area contributed by atoms with Gasteiger partial charge in [0.25, 0.3) is 0 Å².